The second-order valence-corrected chi connectivity index (χ2v) is 15.6. The van der Waals surface area contributed by atoms with Gasteiger partial charge < -0.3 is 13.9 Å². The highest BCUT2D eigenvalue weighted by molar-refractivity contribution is 6.11. The molecular weight excluding hydrogens is 705 g/mol. The lowest BCUT2D eigenvalue weighted by molar-refractivity contribution is 0.669. The minimum atomic E-state index is -0.449. The molecule has 3 nitrogen and oxygen atoms in total. The van der Waals surface area contributed by atoms with Gasteiger partial charge in [0.25, 0.3) is 0 Å². The Morgan fingerprint density at radius 1 is 0.345 bits per heavy atom. The highest BCUT2D eigenvalue weighted by atomic mass is 16.3. The maximum absolute atomic E-state index is 6.36. The van der Waals surface area contributed by atoms with Crippen LogP contribution in [-0.4, -0.2) is 4.57 Å². The van der Waals surface area contributed by atoms with Crippen molar-refractivity contribution in [2.75, 3.05) is 4.90 Å². The molecule has 2 aliphatic carbocycles. The fourth-order valence-corrected chi connectivity index (χ4v) is 10.5. The Labute approximate surface area is 335 Å². The molecule has 0 saturated carbocycles. The van der Waals surface area contributed by atoms with Crippen LogP contribution in [0.5, 0.6) is 0 Å². The third kappa shape index (κ3) is 4.12. The summed E-state index contributed by atoms with van der Waals surface area (Å²) in [4.78, 5) is 2.44. The summed E-state index contributed by atoms with van der Waals surface area (Å²) in [5, 5.41) is 4.67. The molecule has 0 aliphatic heterocycles. The molecule has 0 fully saturated rings. The molecule has 58 heavy (non-hydrogen) atoms. The van der Waals surface area contributed by atoms with E-state index in [2.05, 4.69) is 210 Å². The topological polar surface area (TPSA) is 21.3 Å². The summed E-state index contributed by atoms with van der Waals surface area (Å²) < 4.78 is 8.76. The monoisotopic (exact) mass is 738 g/mol. The fourth-order valence-electron chi connectivity index (χ4n) is 10.5. The van der Waals surface area contributed by atoms with Crippen LogP contribution in [-0.2, 0) is 5.41 Å². The zero-order chi connectivity index (χ0) is 38.0. The summed E-state index contributed by atoms with van der Waals surface area (Å²) >= 11 is 0. The molecule has 11 aromatic rings. The second kappa shape index (κ2) is 11.7. The number of hydrogen-bond donors (Lipinski definition) is 0. The van der Waals surface area contributed by atoms with Crippen molar-refractivity contribution >= 4 is 60.8 Å². The van der Waals surface area contributed by atoms with E-state index in [1.54, 1.807) is 0 Å². The summed E-state index contributed by atoms with van der Waals surface area (Å²) in [5.74, 6) is 0. The van der Waals surface area contributed by atoms with Gasteiger partial charge in [-0.05, 0) is 111 Å². The van der Waals surface area contributed by atoms with Crippen molar-refractivity contribution in [3.05, 3.63) is 229 Å². The normalized spacial score (nSPS) is 13.3. The minimum Gasteiger partial charge on any atom is -0.456 e. The van der Waals surface area contributed by atoms with Gasteiger partial charge in [0.05, 0.1) is 16.4 Å². The Morgan fingerprint density at radius 2 is 0.862 bits per heavy atom. The molecule has 0 bridgehead atoms. The Balaban J connectivity index is 1.11. The summed E-state index contributed by atoms with van der Waals surface area (Å²) in [6.45, 7) is 0. The average molecular weight is 739 g/mol. The van der Waals surface area contributed by atoms with Crippen LogP contribution in [0.4, 0.5) is 17.1 Å². The van der Waals surface area contributed by atoms with Crippen LogP contribution < -0.4 is 4.90 Å². The third-order valence-corrected chi connectivity index (χ3v) is 12.8. The van der Waals surface area contributed by atoms with E-state index in [4.69, 9.17) is 4.42 Å². The number of aromatic nitrogens is 1. The van der Waals surface area contributed by atoms with E-state index in [0.29, 0.717) is 0 Å². The van der Waals surface area contributed by atoms with Crippen molar-refractivity contribution in [2.45, 2.75) is 5.41 Å². The molecule has 1 spiro atoms. The molecule has 0 saturated heterocycles. The first-order valence-corrected chi connectivity index (χ1v) is 20.0. The van der Waals surface area contributed by atoms with E-state index in [0.717, 1.165) is 50.2 Å². The van der Waals surface area contributed by atoms with Crippen molar-refractivity contribution in [3.8, 4) is 27.9 Å². The smallest absolute Gasteiger partial charge is 0.135 e. The highest BCUT2D eigenvalue weighted by Crippen LogP contribution is 2.63. The number of benzene rings is 9. The molecule has 13 rings (SSSR count). The number of furan rings is 1. The summed E-state index contributed by atoms with van der Waals surface area (Å²) in [6.07, 6.45) is 0. The lowest BCUT2D eigenvalue weighted by Gasteiger charge is -2.32. The maximum Gasteiger partial charge on any atom is 0.135 e. The van der Waals surface area contributed by atoms with Gasteiger partial charge in [0.15, 0.2) is 0 Å². The summed E-state index contributed by atoms with van der Waals surface area (Å²) in [5.41, 5.74) is 18.6. The Hall–Kier alpha value is -7.62. The molecule has 3 heteroatoms. The van der Waals surface area contributed by atoms with Crippen molar-refractivity contribution in [1.82, 2.24) is 4.57 Å². The Morgan fingerprint density at radius 3 is 1.60 bits per heavy atom. The van der Waals surface area contributed by atoms with E-state index in [1.165, 1.54) is 60.8 Å². The van der Waals surface area contributed by atoms with Gasteiger partial charge >= 0.3 is 0 Å². The van der Waals surface area contributed by atoms with Crippen LogP contribution in [0.1, 0.15) is 22.3 Å². The van der Waals surface area contributed by atoms with Gasteiger partial charge in [-0.2, -0.15) is 0 Å². The number of hydrogen-bond acceptors (Lipinski definition) is 2. The van der Waals surface area contributed by atoms with Gasteiger partial charge in [-0.25, -0.2) is 0 Å². The van der Waals surface area contributed by atoms with E-state index < -0.39 is 5.41 Å². The van der Waals surface area contributed by atoms with Gasteiger partial charge in [-0.15, -0.1) is 0 Å². The third-order valence-electron chi connectivity index (χ3n) is 12.8. The molecule has 2 aromatic heterocycles. The lowest BCUT2D eigenvalue weighted by Crippen LogP contribution is -2.26. The first-order chi connectivity index (χ1) is 28.8. The lowest BCUT2D eigenvalue weighted by atomic mass is 9.70. The second-order valence-electron chi connectivity index (χ2n) is 15.6. The summed E-state index contributed by atoms with van der Waals surface area (Å²) in [6, 6.07) is 75.6. The zero-order valence-electron chi connectivity index (χ0n) is 31.4. The fraction of sp³-hybridized carbons (Fsp3) is 0.0182. The van der Waals surface area contributed by atoms with Crippen molar-refractivity contribution in [2.24, 2.45) is 0 Å². The molecule has 0 radical (unpaired) electrons. The molecule has 2 aliphatic rings. The van der Waals surface area contributed by atoms with Gasteiger partial charge in [0.1, 0.15) is 11.2 Å². The van der Waals surface area contributed by atoms with Crippen LogP contribution in [0, 0.1) is 0 Å². The van der Waals surface area contributed by atoms with Crippen LogP contribution in [0.25, 0.3) is 71.7 Å². The summed E-state index contributed by atoms with van der Waals surface area (Å²) in [7, 11) is 0. The molecule has 0 N–H and O–H groups in total. The van der Waals surface area contributed by atoms with Crippen LogP contribution in [0.3, 0.4) is 0 Å². The quantitative estimate of drug-likeness (QED) is 0.179. The predicted molar refractivity (Wildman–Crippen MR) is 239 cm³/mol. The number of anilines is 3. The van der Waals surface area contributed by atoms with Gasteiger partial charge in [-0.3, -0.25) is 0 Å². The van der Waals surface area contributed by atoms with Crippen LogP contribution >= 0.6 is 0 Å². The molecule has 0 atom stereocenters. The van der Waals surface area contributed by atoms with Crippen molar-refractivity contribution in [1.29, 1.82) is 0 Å². The van der Waals surface area contributed by atoms with Crippen molar-refractivity contribution in [3.63, 3.8) is 0 Å². The van der Waals surface area contributed by atoms with E-state index in [9.17, 15) is 0 Å². The molecule has 0 unspecified atom stereocenters. The van der Waals surface area contributed by atoms with E-state index in [1.807, 2.05) is 6.07 Å². The van der Waals surface area contributed by atoms with E-state index >= 15 is 0 Å². The number of rotatable bonds is 4. The molecule has 270 valence electrons. The van der Waals surface area contributed by atoms with Crippen LogP contribution in [0.15, 0.2) is 211 Å². The molecular formula is C55H34N2O. The molecule has 0 amide bonds. The van der Waals surface area contributed by atoms with Gasteiger partial charge in [0.2, 0.25) is 0 Å². The minimum absolute atomic E-state index is 0.449. The van der Waals surface area contributed by atoms with Crippen molar-refractivity contribution < 1.29 is 4.42 Å². The standard InChI is InChI=1S/C55H34N2O/c1-2-14-35(15-3-1)57-51-24-12-7-19-43(51)44-30-27-38(34-52(44)57)56(36-28-31-54-46(32-36)45-20-8-13-25-53(45)58-54)37-26-29-42-41-18-6-11-23-49(41)55(50(42)33-37)47-21-9-4-16-39(47)40-17-5-10-22-48(40)55/h1-34H. The average Bonchev–Trinajstić information content (AvgIpc) is 4.00. The first-order valence-electron chi connectivity index (χ1n) is 20.0. The largest absolute Gasteiger partial charge is 0.456 e. The maximum atomic E-state index is 6.36. The number of nitrogens with zero attached hydrogens (tertiary/aromatic N) is 2. The Kier molecular flexibility index (Phi) is 6.37. The van der Waals surface area contributed by atoms with Gasteiger partial charge in [0, 0.05) is 44.3 Å². The first kappa shape index (κ1) is 31.6. The Bertz CT molecular complexity index is 3420. The SMILES string of the molecule is c1ccc(-n2c3ccccc3c3ccc(N(c4ccc5c(c4)C4(c6ccccc6-c6ccccc64)c4ccccc4-5)c4ccc5oc6ccccc6c5c4)cc32)cc1. The number of para-hydroxylation sites is 3. The highest BCUT2D eigenvalue weighted by Gasteiger charge is 2.51. The zero-order valence-corrected chi connectivity index (χ0v) is 31.4. The predicted octanol–water partition coefficient (Wildman–Crippen LogP) is 14.5. The number of fused-ring (bicyclic) bond motifs is 16. The van der Waals surface area contributed by atoms with Gasteiger partial charge in [-0.1, -0.05) is 140 Å². The molecule has 9 aromatic carbocycles. The van der Waals surface area contributed by atoms with Crippen LogP contribution in [0.2, 0.25) is 0 Å². The molecule has 2 heterocycles. The van der Waals surface area contributed by atoms with E-state index in [-0.39, 0.29) is 0 Å².